The molecule has 3 aromatic carbocycles. The summed E-state index contributed by atoms with van der Waals surface area (Å²) in [6.07, 6.45) is 7.30. The van der Waals surface area contributed by atoms with Gasteiger partial charge in [0.05, 0.1) is 5.69 Å². The first-order chi connectivity index (χ1) is 15.2. The average Bonchev–Trinajstić information content (AvgIpc) is 3.46. The summed E-state index contributed by atoms with van der Waals surface area (Å²) in [5.41, 5.74) is 6.77. The number of furan rings is 1. The molecule has 0 bridgehead atoms. The standard InChI is InChI=1S/C29H27NO/c1-18(2)22-16-25-24-9-5-6-10-27(24)31-29(25)26(17-22)28-23-12-11-20(19-7-3-4-8-19)15-21(23)13-14-30-28/h5-6,9-19H,3-4,7-8H2,1-2H3. The molecule has 2 heterocycles. The lowest BCUT2D eigenvalue weighted by atomic mass is 9.92. The third-order valence-electron chi connectivity index (χ3n) is 7.04. The molecular weight excluding hydrogens is 378 g/mol. The second-order valence-corrected chi connectivity index (χ2v) is 9.32. The summed E-state index contributed by atoms with van der Waals surface area (Å²) in [5, 5.41) is 4.82. The SMILES string of the molecule is CC(C)c1cc(-c2nccc3cc(C4CCCC4)ccc23)c2oc3ccccc3c2c1. The molecule has 1 aliphatic carbocycles. The maximum Gasteiger partial charge on any atom is 0.144 e. The summed E-state index contributed by atoms with van der Waals surface area (Å²) in [5.74, 6) is 1.15. The van der Waals surface area contributed by atoms with Gasteiger partial charge in [-0.2, -0.15) is 0 Å². The van der Waals surface area contributed by atoms with Crippen molar-refractivity contribution in [1.29, 1.82) is 0 Å². The molecule has 6 rings (SSSR count). The number of para-hydroxylation sites is 1. The first kappa shape index (κ1) is 18.6. The summed E-state index contributed by atoms with van der Waals surface area (Å²) in [6, 6.07) is 22.0. The van der Waals surface area contributed by atoms with Crippen LogP contribution in [0.5, 0.6) is 0 Å². The molecule has 1 fully saturated rings. The topological polar surface area (TPSA) is 26.0 Å². The molecule has 2 nitrogen and oxygen atoms in total. The van der Waals surface area contributed by atoms with E-state index < -0.39 is 0 Å². The van der Waals surface area contributed by atoms with Crippen molar-refractivity contribution in [2.75, 3.05) is 0 Å². The number of hydrogen-bond acceptors (Lipinski definition) is 2. The molecule has 0 amide bonds. The summed E-state index contributed by atoms with van der Waals surface area (Å²) in [6.45, 7) is 4.50. The summed E-state index contributed by atoms with van der Waals surface area (Å²) in [4.78, 5) is 4.87. The smallest absolute Gasteiger partial charge is 0.144 e. The molecule has 5 aromatic rings. The van der Waals surface area contributed by atoms with Gasteiger partial charge in [0.25, 0.3) is 0 Å². The molecule has 0 aliphatic heterocycles. The second-order valence-electron chi connectivity index (χ2n) is 9.32. The molecule has 0 atom stereocenters. The molecule has 31 heavy (non-hydrogen) atoms. The minimum Gasteiger partial charge on any atom is -0.455 e. The lowest BCUT2D eigenvalue weighted by Gasteiger charge is -2.14. The Bertz CT molecular complexity index is 1420. The van der Waals surface area contributed by atoms with E-state index in [9.17, 15) is 0 Å². The number of nitrogens with zero attached hydrogens (tertiary/aromatic N) is 1. The van der Waals surface area contributed by atoms with Crippen molar-refractivity contribution in [3.63, 3.8) is 0 Å². The maximum absolute atomic E-state index is 6.39. The van der Waals surface area contributed by atoms with E-state index >= 15 is 0 Å². The van der Waals surface area contributed by atoms with Crippen LogP contribution < -0.4 is 0 Å². The average molecular weight is 406 g/mol. The Morgan fingerprint density at radius 3 is 2.55 bits per heavy atom. The fourth-order valence-corrected chi connectivity index (χ4v) is 5.28. The van der Waals surface area contributed by atoms with E-state index in [0.717, 1.165) is 22.4 Å². The number of rotatable bonds is 3. The quantitative estimate of drug-likeness (QED) is 0.300. The van der Waals surface area contributed by atoms with Crippen LogP contribution in [0.25, 0.3) is 44.0 Å². The van der Waals surface area contributed by atoms with Gasteiger partial charge >= 0.3 is 0 Å². The molecule has 1 saturated carbocycles. The van der Waals surface area contributed by atoms with Gasteiger partial charge < -0.3 is 4.42 Å². The largest absolute Gasteiger partial charge is 0.455 e. The van der Waals surface area contributed by atoms with Crippen molar-refractivity contribution in [2.24, 2.45) is 0 Å². The van der Waals surface area contributed by atoms with Crippen LogP contribution in [-0.4, -0.2) is 4.98 Å². The molecule has 0 unspecified atom stereocenters. The molecule has 1 aliphatic rings. The van der Waals surface area contributed by atoms with Crippen molar-refractivity contribution in [3.05, 3.63) is 78.0 Å². The molecule has 0 N–H and O–H groups in total. The van der Waals surface area contributed by atoms with Crippen LogP contribution in [0.2, 0.25) is 0 Å². The van der Waals surface area contributed by atoms with Crippen LogP contribution in [0.1, 0.15) is 62.5 Å². The fraction of sp³-hybridized carbons (Fsp3) is 0.276. The number of fused-ring (bicyclic) bond motifs is 4. The Morgan fingerprint density at radius 2 is 1.71 bits per heavy atom. The van der Waals surface area contributed by atoms with Gasteiger partial charge in [0.2, 0.25) is 0 Å². The van der Waals surface area contributed by atoms with Crippen molar-refractivity contribution in [2.45, 2.75) is 51.4 Å². The van der Waals surface area contributed by atoms with Gasteiger partial charge in [-0.05, 0) is 65.5 Å². The monoisotopic (exact) mass is 405 g/mol. The Hall–Kier alpha value is -3.13. The van der Waals surface area contributed by atoms with Gasteiger partial charge in [-0.15, -0.1) is 0 Å². The highest BCUT2D eigenvalue weighted by Gasteiger charge is 2.20. The van der Waals surface area contributed by atoms with Crippen LogP contribution in [0.4, 0.5) is 0 Å². The van der Waals surface area contributed by atoms with Crippen LogP contribution in [0.3, 0.4) is 0 Å². The van der Waals surface area contributed by atoms with E-state index in [0.29, 0.717) is 11.8 Å². The maximum atomic E-state index is 6.39. The highest BCUT2D eigenvalue weighted by molar-refractivity contribution is 6.11. The van der Waals surface area contributed by atoms with E-state index in [-0.39, 0.29) is 0 Å². The summed E-state index contributed by atoms with van der Waals surface area (Å²) in [7, 11) is 0. The summed E-state index contributed by atoms with van der Waals surface area (Å²) < 4.78 is 6.39. The van der Waals surface area contributed by atoms with Gasteiger partial charge in [0.1, 0.15) is 11.2 Å². The Kier molecular flexibility index (Phi) is 4.34. The predicted molar refractivity (Wildman–Crippen MR) is 130 cm³/mol. The lowest BCUT2D eigenvalue weighted by Crippen LogP contribution is -1.94. The number of hydrogen-bond donors (Lipinski definition) is 0. The highest BCUT2D eigenvalue weighted by Crippen LogP contribution is 2.41. The van der Waals surface area contributed by atoms with E-state index in [4.69, 9.17) is 9.40 Å². The first-order valence-electron chi connectivity index (χ1n) is 11.5. The Morgan fingerprint density at radius 1 is 0.871 bits per heavy atom. The fourth-order valence-electron chi connectivity index (χ4n) is 5.28. The second kappa shape index (κ2) is 7.23. The van der Waals surface area contributed by atoms with Gasteiger partial charge in [-0.1, -0.05) is 63.1 Å². The van der Waals surface area contributed by atoms with Crippen molar-refractivity contribution >= 4 is 32.7 Å². The van der Waals surface area contributed by atoms with Crippen molar-refractivity contribution in [3.8, 4) is 11.3 Å². The zero-order valence-corrected chi connectivity index (χ0v) is 18.2. The third kappa shape index (κ3) is 3.05. The number of aromatic nitrogens is 1. The highest BCUT2D eigenvalue weighted by atomic mass is 16.3. The normalized spacial score (nSPS) is 15.1. The van der Waals surface area contributed by atoms with E-state index in [1.54, 1.807) is 0 Å². The lowest BCUT2D eigenvalue weighted by molar-refractivity contribution is 0.669. The molecule has 0 radical (unpaired) electrons. The van der Waals surface area contributed by atoms with Crippen LogP contribution in [0.15, 0.2) is 71.3 Å². The molecule has 0 saturated heterocycles. The van der Waals surface area contributed by atoms with Crippen molar-refractivity contribution < 1.29 is 4.42 Å². The van der Waals surface area contributed by atoms with Crippen LogP contribution in [0, 0.1) is 0 Å². The van der Waals surface area contributed by atoms with E-state index in [1.165, 1.54) is 58.4 Å². The van der Waals surface area contributed by atoms with E-state index in [2.05, 4.69) is 68.4 Å². The van der Waals surface area contributed by atoms with Crippen molar-refractivity contribution in [1.82, 2.24) is 4.98 Å². The molecular formula is C29H27NO. The van der Waals surface area contributed by atoms with E-state index in [1.807, 2.05) is 12.3 Å². The van der Waals surface area contributed by atoms with Gasteiger partial charge in [0.15, 0.2) is 0 Å². The number of benzene rings is 3. The predicted octanol–water partition coefficient (Wildman–Crippen LogP) is 8.58. The Labute approximate surface area is 182 Å². The van der Waals surface area contributed by atoms with Crippen LogP contribution >= 0.6 is 0 Å². The minimum atomic E-state index is 0.431. The third-order valence-corrected chi connectivity index (χ3v) is 7.04. The zero-order chi connectivity index (χ0) is 20.9. The first-order valence-corrected chi connectivity index (χ1v) is 11.5. The minimum absolute atomic E-state index is 0.431. The molecule has 154 valence electrons. The Balaban J connectivity index is 1.62. The molecule has 0 spiro atoms. The van der Waals surface area contributed by atoms with Gasteiger partial charge in [-0.3, -0.25) is 4.98 Å². The van der Waals surface area contributed by atoms with Crippen LogP contribution in [-0.2, 0) is 0 Å². The van der Waals surface area contributed by atoms with Gasteiger partial charge in [-0.25, -0.2) is 0 Å². The zero-order valence-electron chi connectivity index (χ0n) is 18.2. The summed E-state index contributed by atoms with van der Waals surface area (Å²) >= 11 is 0. The molecule has 2 aromatic heterocycles. The molecule has 2 heteroatoms. The van der Waals surface area contributed by atoms with Gasteiger partial charge in [0, 0.05) is 27.9 Å². The number of pyridine rings is 1.